The van der Waals surface area contributed by atoms with Gasteiger partial charge in [0.1, 0.15) is 5.01 Å². The van der Waals surface area contributed by atoms with Gasteiger partial charge in [0, 0.05) is 11.1 Å². The molecule has 2 rings (SSSR count). The molecule has 3 nitrogen and oxygen atoms in total. The first-order valence-electron chi connectivity index (χ1n) is 5.07. The van der Waals surface area contributed by atoms with Gasteiger partial charge < -0.3 is 4.98 Å². The Morgan fingerprint density at radius 1 is 1.50 bits per heavy atom. The standard InChI is InChI=1S/C12H13N3S/c1-8-10(12(2,3)7-13)16-11(15-8)9-5-4-6-14-9/h4-6,14H,1-3H3. The molecule has 2 aromatic rings. The first-order chi connectivity index (χ1) is 7.54. The first kappa shape index (κ1) is 10.9. The molecule has 2 aromatic heterocycles. The van der Waals surface area contributed by atoms with Crippen molar-refractivity contribution in [1.82, 2.24) is 9.97 Å². The van der Waals surface area contributed by atoms with E-state index in [4.69, 9.17) is 5.26 Å². The van der Waals surface area contributed by atoms with Crippen molar-refractivity contribution in [3.05, 3.63) is 28.9 Å². The summed E-state index contributed by atoms with van der Waals surface area (Å²) in [5.41, 5.74) is 1.49. The average Bonchev–Trinajstić information content (AvgIpc) is 2.85. The van der Waals surface area contributed by atoms with Crippen molar-refractivity contribution in [2.24, 2.45) is 0 Å². The largest absolute Gasteiger partial charge is 0.359 e. The van der Waals surface area contributed by atoms with Crippen molar-refractivity contribution in [3.8, 4) is 16.8 Å². The molecular weight excluding hydrogens is 218 g/mol. The van der Waals surface area contributed by atoms with Gasteiger partial charge in [0.15, 0.2) is 0 Å². The van der Waals surface area contributed by atoms with Crippen molar-refractivity contribution in [3.63, 3.8) is 0 Å². The third-order valence-corrected chi connectivity index (χ3v) is 3.99. The van der Waals surface area contributed by atoms with Crippen LogP contribution in [0.25, 0.3) is 10.7 Å². The summed E-state index contributed by atoms with van der Waals surface area (Å²) < 4.78 is 0. The van der Waals surface area contributed by atoms with E-state index in [1.807, 2.05) is 39.1 Å². The Morgan fingerprint density at radius 2 is 2.25 bits per heavy atom. The van der Waals surface area contributed by atoms with Crippen LogP contribution in [0.4, 0.5) is 0 Å². The lowest BCUT2D eigenvalue weighted by atomic mass is 9.93. The molecule has 0 saturated heterocycles. The van der Waals surface area contributed by atoms with Crippen LogP contribution in [0.5, 0.6) is 0 Å². The van der Waals surface area contributed by atoms with Crippen LogP contribution in [0.3, 0.4) is 0 Å². The zero-order valence-electron chi connectivity index (χ0n) is 9.53. The van der Waals surface area contributed by atoms with E-state index in [2.05, 4.69) is 16.0 Å². The highest BCUT2D eigenvalue weighted by Gasteiger charge is 2.26. The third kappa shape index (κ3) is 1.74. The summed E-state index contributed by atoms with van der Waals surface area (Å²) >= 11 is 1.58. The number of aromatic amines is 1. The summed E-state index contributed by atoms with van der Waals surface area (Å²) in [6.45, 7) is 5.80. The maximum atomic E-state index is 9.13. The summed E-state index contributed by atoms with van der Waals surface area (Å²) in [6.07, 6.45) is 1.88. The summed E-state index contributed by atoms with van der Waals surface area (Å²) in [7, 11) is 0. The maximum Gasteiger partial charge on any atom is 0.140 e. The van der Waals surface area contributed by atoms with E-state index in [1.165, 1.54) is 0 Å². The number of H-pyrrole nitrogens is 1. The van der Waals surface area contributed by atoms with Crippen LogP contribution in [-0.2, 0) is 5.41 Å². The normalized spacial score (nSPS) is 11.4. The maximum absolute atomic E-state index is 9.13. The van der Waals surface area contributed by atoms with E-state index >= 15 is 0 Å². The Labute approximate surface area is 98.8 Å². The van der Waals surface area contributed by atoms with Crippen molar-refractivity contribution in [2.45, 2.75) is 26.2 Å². The number of rotatable bonds is 2. The van der Waals surface area contributed by atoms with Crippen LogP contribution >= 0.6 is 11.3 Å². The number of aryl methyl sites for hydroxylation is 1. The van der Waals surface area contributed by atoms with Crippen LogP contribution in [0.2, 0.25) is 0 Å². The number of hydrogen-bond acceptors (Lipinski definition) is 3. The number of nitriles is 1. The predicted molar refractivity (Wildman–Crippen MR) is 65.3 cm³/mol. The van der Waals surface area contributed by atoms with E-state index in [-0.39, 0.29) is 0 Å². The van der Waals surface area contributed by atoms with Gasteiger partial charge in [-0.3, -0.25) is 0 Å². The second kappa shape index (κ2) is 3.76. The number of aromatic nitrogens is 2. The predicted octanol–water partition coefficient (Wildman–Crippen LogP) is 3.25. The second-order valence-corrected chi connectivity index (χ2v) is 5.25. The van der Waals surface area contributed by atoms with E-state index in [0.717, 1.165) is 21.3 Å². The zero-order valence-corrected chi connectivity index (χ0v) is 10.4. The molecule has 0 spiro atoms. The minimum absolute atomic E-state index is 0.466. The van der Waals surface area contributed by atoms with Gasteiger partial charge in [-0.1, -0.05) is 0 Å². The Morgan fingerprint density at radius 3 is 2.81 bits per heavy atom. The smallest absolute Gasteiger partial charge is 0.140 e. The molecular formula is C12H13N3S. The third-order valence-electron chi connectivity index (χ3n) is 2.47. The van der Waals surface area contributed by atoms with Crippen LogP contribution in [0.1, 0.15) is 24.4 Å². The van der Waals surface area contributed by atoms with Crippen molar-refractivity contribution in [1.29, 1.82) is 5.26 Å². The zero-order chi connectivity index (χ0) is 11.8. The first-order valence-corrected chi connectivity index (χ1v) is 5.89. The number of thiazole rings is 1. The molecule has 0 radical (unpaired) electrons. The summed E-state index contributed by atoms with van der Waals surface area (Å²) in [4.78, 5) is 8.67. The van der Waals surface area contributed by atoms with E-state index in [0.29, 0.717) is 0 Å². The minimum atomic E-state index is -0.466. The Kier molecular flexibility index (Phi) is 2.56. The van der Waals surface area contributed by atoms with Crippen LogP contribution in [0.15, 0.2) is 18.3 Å². The molecule has 0 fully saturated rings. The average molecular weight is 231 g/mol. The number of hydrogen-bond donors (Lipinski definition) is 1. The molecule has 0 atom stereocenters. The minimum Gasteiger partial charge on any atom is -0.359 e. The molecule has 0 bridgehead atoms. The van der Waals surface area contributed by atoms with E-state index in [1.54, 1.807) is 11.3 Å². The molecule has 0 saturated carbocycles. The highest BCUT2D eigenvalue weighted by Crippen LogP contribution is 2.34. The summed E-state index contributed by atoms with van der Waals surface area (Å²) in [5.74, 6) is 0. The van der Waals surface area contributed by atoms with Gasteiger partial charge in [-0.25, -0.2) is 4.98 Å². The fraction of sp³-hybridized carbons (Fsp3) is 0.333. The lowest BCUT2D eigenvalue weighted by Crippen LogP contribution is -2.13. The van der Waals surface area contributed by atoms with Gasteiger partial charge in [0.25, 0.3) is 0 Å². The Bertz CT molecular complexity index is 529. The van der Waals surface area contributed by atoms with E-state index in [9.17, 15) is 0 Å². The van der Waals surface area contributed by atoms with Crippen LogP contribution < -0.4 is 0 Å². The monoisotopic (exact) mass is 231 g/mol. The van der Waals surface area contributed by atoms with Gasteiger partial charge in [-0.05, 0) is 32.9 Å². The fourth-order valence-electron chi connectivity index (χ4n) is 1.61. The van der Waals surface area contributed by atoms with Crippen LogP contribution in [-0.4, -0.2) is 9.97 Å². The van der Waals surface area contributed by atoms with Crippen molar-refractivity contribution in [2.75, 3.05) is 0 Å². The van der Waals surface area contributed by atoms with Gasteiger partial charge in [0.2, 0.25) is 0 Å². The van der Waals surface area contributed by atoms with Gasteiger partial charge >= 0.3 is 0 Å². The molecule has 0 amide bonds. The molecule has 0 aliphatic heterocycles. The number of nitrogens with zero attached hydrogens (tertiary/aromatic N) is 2. The molecule has 0 aliphatic rings. The highest BCUT2D eigenvalue weighted by molar-refractivity contribution is 7.15. The molecule has 0 aliphatic carbocycles. The molecule has 1 N–H and O–H groups in total. The van der Waals surface area contributed by atoms with Gasteiger partial charge in [-0.2, -0.15) is 5.26 Å². The fourth-order valence-corrected chi connectivity index (χ4v) is 2.71. The van der Waals surface area contributed by atoms with Gasteiger partial charge in [-0.15, -0.1) is 11.3 Å². The van der Waals surface area contributed by atoms with Gasteiger partial charge in [0.05, 0.1) is 22.9 Å². The molecule has 4 heteroatoms. The van der Waals surface area contributed by atoms with Crippen LogP contribution in [0, 0.1) is 18.3 Å². The highest BCUT2D eigenvalue weighted by atomic mass is 32.1. The Hall–Kier alpha value is -1.60. The van der Waals surface area contributed by atoms with E-state index < -0.39 is 5.41 Å². The molecule has 0 unspecified atom stereocenters. The SMILES string of the molecule is Cc1nc(-c2ccc[nH]2)sc1C(C)(C)C#N. The number of nitrogens with one attached hydrogen (secondary N) is 1. The van der Waals surface area contributed by atoms with Crippen molar-refractivity contribution >= 4 is 11.3 Å². The Balaban J connectivity index is 2.49. The molecule has 16 heavy (non-hydrogen) atoms. The second-order valence-electron chi connectivity index (χ2n) is 4.25. The summed E-state index contributed by atoms with van der Waals surface area (Å²) in [5, 5.41) is 10.1. The lowest BCUT2D eigenvalue weighted by molar-refractivity contribution is 0.695. The molecule has 2 heterocycles. The summed E-state index contributed by atoms with van der Waals surface area (Å²) in [6, 6.07) is 6.25. The molecule has 0 aromatic carbocycles. The molecule has 82 valence electrons. The topological polar surface area (TPSA) is 52.5 Å². The van der Waals surface area contributed by atoms with Crippen molar-refractivity contribution < 1.29 is 0 Å². The quantitative estimate of drug-likeness (QED) is 0.862. The lowest BCUT2D eigenvalue weighted by Gasteiger charge is -2.12.